The van der Waals surface area contributed by atoms with Gasteiger partial charge in [0.05, 0.1) is 0 Å². The third-order valence-electron chi connectivity index (χ3n) is 4.65. The van der Waals surface area contributed by atoms with Crippen molar-refractivity contribution in [1.29, 1.82) is 0 Å². The number of sulfonamides is 1. The molecule has 1 aliphatic carbocycles. The maximum atomic E-state index is 12.4. The summed E-state index contributed by atoms with van der Waals surface area (Å²) in [6, 6.07) is 1.27. The molecule has 1 aromatic heterocycles. The number of carboxylic acids is 1. The number of carboxylic acid groups (broad SMARTS) is 1. The minimum Gasteiger partial charge on any atom is -0.477 e. The smallest absolute Gasteiger partial charge is 0.346 e. The predicted molar refractivity (Wildman–Crippen MR) is 77.7 cm³/mol. The third kappa shape index (κ3) is 2.17. The monoisotopic (exact) mass is 317 g/mol. The van der Waals surface area contributed by atoms with Crippen LogP contribution in [-0.4, -0.2) is 25.5 Å². The molecule has 0 atom stereocenters. The fourth-order valence-electron chi connectivity index (χ4n) is 2.50. The zero-order valence-corrected chi connectivity index (χ0v) is 13.8. The summed E-state index contributed by atoms with van der Waals surface area (Å²) in [4.78, 5) is 11.1. The quantitative estimate of drug-likeness (QED) is 0.893. The number of hydrogen-bond donors (Lipinski definition) is 2. The van der Waals surface area contributed by atoms with Gasteiger partial charge in [0.1, 0.15) is 9.09 Å². The van der Waals surface area contributed by atoms with Gasteiger partial charge in [0.15, 0.2) is 0 Å². The predicted octanol–water partition coefficient (Wildman–Crippen LogP) is 2.47. The van der Waals surface area contributed by atoms with Crippen LogP contribution < -0.4 is 4.72 Å². The Morgan fingerprint density at radius 1 is 1.30 bits per heavy atom. The lowest BCUT2D eigenvalue weighted by molar-refractivity contribution is 0.0701. The number of aryl methyl sites for hydroxylation is 1. The Balaban J connectivity index is 2.29. The number of thiophene rings is 1. The van der Waals surface area contributed by atoms with Crippen LogP contribution in [0.1, 0.15) is 42.9 Å². The Labute approximate surface area is 123 Å². The van der Waals surface area contributed by atoms with Crippen LogP contribution in [0.3, 0.4) is 0 Å². The Kier molecular flexibility index (Phi) is 3.31. The second-order valence-corrected chi connectivity index (χ2v) is 9.37. The topological polar surface area (TPSA) is 83.5 Å². The fourth-order valence-corrected chi connectivity index (χ4v) is 5.43. The van der Waals surface area contributed by atoms with Crippen molar-refractivity contribution >= 4 is 27.3 Å². The Morgan fingerprint density at radius 2 is 1.80 bits per heavy atom. The molecule has 2 rings (SSSR count). The second-order valence-electron chi connectivity index (χ2n) is 6.38. The fraction of sp³-hybridized carbons (Fsp3) is 0.615. The molecule has 1 heterocycles. The first kappa shape index (κ1) is 15.5. The van der Waals surface area contributed by atoms with Crippen LogP contribution in [0.4, 0.5) is 0 Å². The molecule has 0 aliphatic heterocycles. The average Bonchev–Trinajstić information content (AvgIpc) is 2.66. The number of carbonyl (C=O) groups is 1. The van der Waals surface area contributed by atoms with Crippen molar-refractivity contribution in [2.75, 3.05) is 0 Å². The van der Waals surface area contributed by atoms with Crippen molar-refractivity contribution in [3.05, 3.63) is 16.5 Å². The first-order valence-electron chi connectivity index (χ1n) is 6.27. The van der Waals surface area contributed by atoms with Crippen molar-refractivity contribution in [1.82, 2.24) is 4.72 Å². The molecular formula is C13H19NO4S2. The number of aromatic carboxylic acids is 1. The second kappa shape index (κ2) is 4.29. The summed E-state index contributed by atoms with van der Waals surface area (Å²) < 4.78 is 27.5. The first-order chi connectivity index (χ1) is 8.91. The summed E-state index contributed by atoms with van der Waals surface area (Å²) in [5, 5.41) is 9.00. The number of hydrogen-bond acceptors (Lipinski definition) is 4. The molecule has 0 amide bonds. The summed E-state index contributed by atoms with van der Waals surface area (Å²) >= 11 is 0.795. The average molecular weight is 317 g/mol. The van der Waals surface area contributed by atoms with Gasteiger partial charge < -0.3 is 5.11 Å². The van der Waals surface area contributed by atoms with E-state index in [4.69, 9.17) is 5.11 Å². The van der Waals surface area contributed by atoms with Crippen molar-refractivity contribution < 1.29 is 18.3 Å². The van der Waals surface area contributed by atoms with Crippen LogP contribution in [0.5, 0.6) is 0 Å². The molecular weight excluding hydrogens is 298 g/mol. The van der Waals surface area contributed by atoms with Gasteiger partial charge in [-0.05, 0) is 29.4 Å². The van der Waals surface area contributed by atoms with Gasteiger partial charge in [0, 0.05) is 6.04 Å². The van der Waals surface area contributed by atoms with E-state index in [1.807, 2.05) is 27.7 Å². The van der Waals surface area contributed by atoms with Gasteiger partial charge in [-0.25, -0.2) is 17.9 Å². The van der Waals surface area contributed by atoms with Gasteiger partial charge in [0.25, 0.3) is 0 Å². The van der Waals surface area contributed by atoms with E-state index in [9.17, 15) is 13.2 Å². The van der Waals surface area contributed by atoms with Crippen LogP contribution in [0.2, 0.25) is 0 Å². The summed E-state index contributed by atoms with van der Waals surface area (Å²) in [5.41, 5.74) is 0.251. The molecule has 0 spiro atoms. The first-order valence-corrected chi connectivity index (χ1v) is 8.57. The van der Waals surface area contributed by atoms with E-state index in [1.165, 1.54) is 6.07 Å². The van der Waals surface area contributed by atoms with Gasteiger partial charge in [-0.1, -0.05) is 27.7 Å². The van der Waals surface area contributed by atoms with E-state index in [2.05, 4.69) is 4.72 Å². The van der Waals surface area contributed by atoms with Crippen molar-refractivity contribution in [2.24, 2.45) is 10.8 Å². The van der Waals surface area contributed by atoms with Gasteiger partial charge in [-0.2, -0.15) is 0 Å². The molecule has 20 heavy (non-hydrogen) atoms. The zero-order valence-electron chi connectivity index (χ0n) is 12.1. The van der Waals surface area contributed by atoms with Crippen LogP contribution in [0.15, 0.2) is 10.3 Å². The molecule has 0 aromatic carbocycles. The van der Waals surface area contributed by atoms with Crippen LogP contribution >= 0.6 is 11.3 Å². The lowest BCUT2D eigenvalue weighted by Crippen LogP contribution is -2.29. The van der Waals surface area contributed by atoms with Gasteiger partial charge in [0.2, 0.25) is 10.0 Å². The molecule has 5 nitrogen and oxygen atoms in total. The molecule has 2 N–H and O–H groups in total. The lowest BCUT2D eigenvalue weighted by Gasteiger charge is -2.05. The van der Waals surface area contributed by atoms with E-state index in [-0.39, 0.29) is 26.0 Å². The van der Waals surface area contributed by atoms with E-state index in [1.54, 1.807) is 6.92 Å². The zero-order chi connectivity index (χ0) is 15.5. The van der Waals surface area contributed by atoms with Crippen LogP contribution in [0, 0.1) is 17.8 Å². The molecule has 0 radical (unpaired) electrons. The van der Waals surface area contributed by atoms with Crippen LogP contribution in [-0.2, 0) is 10.0 Å². The molecule has 0 saturated heterocycles. The molecule has 7 heteroatoms. The molecule has 1 fully saturated rings. The largest absolute Gasteiger partial charge is 0.477 e. The minimum atomic E-state index is -3.67. The third-order valence-corrected chi connectivity index (χ3v) is 7.77. The minimum absolute atomic E-state index is 0.0610. The molecule has 0 unspecified atom stereocenters. The van der Waals surface area contributed by atoms with Crippen molar-refractivity contribution in [3.8, 4) is 0 Å². The Hall–Kier alpha value is -0.920. The van der Waals surface area contributed by atoms with E-state index in [0.29, 0.717) is 5.56 Å². The summed E-state index contributed by atoms with van der Waals surface area (Å²) in [6.07, 6.45) is 0. The lowest BCUT2D eigenvalue weighted by atomic mass is 10.0. The van der Waals surface area contributed by atoms with Crippen molar-refractivity contribution in [2.45, 2.75) is 44.9 Å². The Morgan fingerprint density at radius 3 is 2.15 bits per heavy atom. The van der Waals surface area contributed by atoms with Gasteiger partial charge in [-0.3, -0.25) is 0 Å². The van der Waals surface area contributed by atoms with Gasteiger partial charge >= 0.3 is 5.97 Å². The van der Waals surface area contributed by atoms with Gasteiger partial charge in [-0.15, -0.1) is 11.3 Å². The summed E-state index contributed by atoms with van der Waals surface area (Å²) in [5.74, 6) is -1.10. The molecule has 1 saturated carbocycles. The summed E-state index contributed by atoms with van der Waals surface area (Å²) in [6.45, 7) is 9.67. The highest BCUT2D eigenvalue weighted by Gasteiger charge is 2.66. The van der Waals surface area contributed by atoms with E-state index in [0.717, 1.165) is 11.3 Å². The Bertz CT molecular complexity index is 657. The standard InChI is InChI=1S/C13H19NO4S2/c1-7-6-8(19-9(7)10(15)16)20(17,18)14-11-12(2,3)13(11,4)5/h6,11,14H,1-5H3,(H,15,16). The molecule has 1 aliphatic rings. The highest BCUT2D eigenvalue weighted by molar-refractivity contribution is 7.91. The van der Waals surface area contributed by atoms with Crippen LogP contribution in [0.25, 0.3) is 0 Å². The number of rotatable bonds is 4. The van der Waals surface area contributed by atoms with Crippen molar-refractivity contribution in [3.63, 3.8) is 0 Å². The van der Waals surface area contributed by atoms with E-state index < -0.39 is 16.0 Å². The highest BCUT2D eigenvalue weighted by Crippen LogP contribution is 2.63. The molecule has 112 valence electrons. The maximum absolute atomic E-state index is 12.4. The van der Waals surface area contributed by atoms with E-state index >= 15 is 0 Å². The maximum Gasteiger partial charge on any atom is 0.346 e. The summed E-state index contributed by atoms with van der Waals surface area (Å²) in [7, 11) is -3.67. The number of nitrogens with one attached hydrogen (secondary N) is 1. The normalized spacial score (nSPS) is 20.9. The SMILES string of the molecule is Cc1cc(S(=O)(=O)NC2C(C)(C)C2(C)C)sc1C(=O)O. The highest BCUT2D eigenvalue weighted by atomic mass is 32.2. The molecule has 1 aromatic rings. The molecule has 0 bridgehead atoms.